The minimum absolute atomic E-state index is 0.145. The monoisotopic (exact) mass is 336 g/mol. The zero-order chi connectivity index (χ0) is 16.9. The highest BCUT2D eigenvalue weighted by Crippen LogP contribution is 2.24. The number of carbonyl (C=O) groups excluding carboxylic acids is 1. The van der Waals surface area contributed by atoms with E-state index in [0.29, 0.717) is 27.5 Å². The smallest absolute Gasteiger partial charge is 0.230 e. The van der Waals surface area contributed by atoms with Gasteiger partial charge in [0.1, 0.15) is 10.8 Å². The lowest BCUT2D eigenvalue weighted by Gasteiger charge is -2.04. The topological polar surface area (TPSA) is 42.0 Å². The molecule has 0 unspecified atom stereocenters. The fraction of sp³-hybridized carbons (Fsp3) is 0.0526. The second kappa shape index (κ2) is 7.07. The van der Waals surface area contributed by atoms with Gasteiger partial charge in [-0.3, -0.25) is 4.79 Å². The number of anilines is 1. The number of thiazole rings is 1. The molecule has 0 aliphatic carbocycles. The van der Waals surface area contributed by atoms with Crippen LogP contribution in [0.15, 0.2) is 53.9 Å². The molecule has 0 aliphatic heterocycles. The van der Waals surface area contributed by atoms with E-state index in [0.717, 1.165) is 0 Å². The summed E-state index contributed by atoms with van der Waals surface area (Å²) in [7, 11) is 0. The first-order valence-corrected chi connectivity index (χ1v) is 8.09. The molecule has 1 amide bonds. The maximum atomic E-state index is 13.3. The van der Waals surface area contributed by atoms with Crippen LogP contribution in [0.25, 0.3) is 10.6 Å². The van der Waals surface area contributed by atoms with Gasteiger partial charge in [0.25, 0.3) is 0 Å². The Labute approximate surface area is 143 Å². The van der Waals surface area contributed by atoms with Gasteiger partial charge in [-0.1, -0.05) is 24.1 Å². The maximum absolute atomic E-state index is 13.3. The van der Waals surface area contributed by atoms with E-state index in [1.807, 2.05) is 0 Å². The van der Waals surface area contributed by atoms with Crippen molar-refractivity contribution in [1.82, 2.24) is 4.98 Å². The number of rotatable bonds is 4. The molecule has 0 saturated carbocycles. The van der Waals surface area contributed by atoms with Gasteiger partial charge in [-0.2, -0.15) is 0 Å². The summed E-state index contributed by atoms with van der Waals surface area (Å²) < 4.78 is 13.3. The molecular weight excluding hydrogens is 323 g/mol. The Morgan fingerprint density at radius 3 is 2.88 bits per heavy atom. The fourth-order valence-corrected chi connectivity index (χ4v) is 3.02. The number of halogens is 1. The Balaban J connectivity index is 1.68. The highest BCUT2D eigenvalue weighted by Gasteiger charge is 2.10. The van der Waals surface area contributed by atoms with Crippen LogP contribution in [0.3, 0.4) is 0 Å². The lowest BCUT2D eigenvalue weighted by atomic mass is 10.2. The molecule has 2 aromatic carbocycles. The number of carbonyl (C=O) groups is 1. The number of hydrogen-bond acceptors (Lipinski definition) is 3. The van der Waals surface area contributed by atoms with E-state index in [4.69, 9.17) is 6.42 Å². The van der Waals surface area contributed by atoms with E-state index in [1.165, 1.54) is 23.5 Å². The number of terminal acetylenes is 1. The van der Waals surface area contributed by atoms with Crippen LogP contribution in [0.5, 0.6) is 0 Å². The lowest BCUT2D eigenvalue weighted by molar-refractivity contribution is -0.115. The molecule has 0 atom stereocenters. The molecule has 1 N–H and O–H groups in total. The van der Waals surface area contributed by atoms with E-state index in [-0.39, 0.29) is 18.1 Å². The van der Waals surface area contributed by atoms with Crippen molar-refractivity contribution in [2.45, 2.75) is 6.42 Å². The minimum Gasteiger partial charge on any atom is -0.326 e. The van der Waals surface area contributed by atoms with Crippen LogP contribution in [0.1, 0.15) is 11.3 Å². The van der Waals surface area contributed by atoms with E-state index in [1.54, 1.807) is 41.8 Å². The van der Waals surface area contributed by atoms with Crippen LogP contribution in [0.4, 0.5) is 10.1 Å². The Morgan fingerprint density at radius 2 is 2.08 bits per heavy atom. The number of amides is 1. The summed E-state index contributed by atoms with van der Waals surface area (Å²) in [5.74, 6) is 2.03. The Hall–Kier alpha value is -2.97. The fourth-order valence-electron chi connectivity index (χ4n) is 2.20. The molecule has 3 aromatic rings. The summed E-state index contributed by atoms with van der Waals surface area (Å²) >= 11 is 1.38. The average Bonchev–Trinajstić information content (AvgIpc) is 3.03. The molecule has 5 heteroatoms. The van der Waals surface area contributed by atoms with Gasteiger partial charge in [0.2, 0.25) is 5.91 Å². The summed E-state index contributed by atoms with van der Waals surface area (Å²) in [5.41, 5.74) is 2.70. The normalized spacial score (nSPS) is 10.2. The molecule has 1 aromatic heterocycles. The third-order valence-corrected chi connectivity index (χ3v) is 4.22. The van der Waals surface area contributed by atoms with Gasteiger partial charge in [-0.15, -0.1) is 17.8 Å². The van der Waals surface area contributed by atoms with Gasteiger partial charge in [-0.25, -0.2) is 9.37 Å². The van der Waals surface area contributed by atoms with Gasteiger partial charge in [0.15, 0.2) is 0 Å². The summed E-state index contributed by atoms with van der Waals surface area (Å²) in [4.78, 5) is 16.5. The number of hydrogen-bond donors (Lipinski definition) is 1. The number of benzene rings is 2. The molecule has 3 rings (SSSR count). The average molecular weight is 336 g/mol. The van der Waals surface area contributed by atoms with E-state index in [9.17, 15) is 9.18 Å². The van der Waals surface area contributed by atoms with Crippen LogP contribution < -0.4 is 5.32 Å². The number of aromatic nitrogens is 1. The molecule has 0 radical (unpaired) electrons. The zero-order valence-electron chi connectivity index (χ0n) is 12.6. The van der Waals surface area contributed by atoms with Crippen molar-refractivity contribution >= 4 is 22.9 Å². The SMILES string of the molecule is C#Cc1cccc(NC(=O)Cc2csc(-c3cccc(F)c3)n2)c1. The van der Waals surface area contributed by atoms with Crippen LogP contribution in [-0.2, 0) is 11.2 Å². The highest BCUT2D eigenvalue weighted by molar-refractivity contribution is 7.13. The van der Waals surface area contributed by atoms with Crippen molar-refractivity contribution in [3.05, 3.63) is 71.0 Å². The predicted octanol–water partition coefficient (Wildman–Crippen LogP) is 4.11. The molecule has 0 aliphatic rings. The number of nitrogens with zero attached hydrogens (tertiary/aromatic N) is 1. The van der Waals surface area contributed by atoms with Gasteiger partial charge in [0.05, 0.1) is 12.1 Å². The first kappa shape index (κ1) is 15.9. The van der Waals surface area contributed by atoms with Crippen molar-refractivity contribution in [2.75, 3.05) is 5.32 Å². The Bertz CT molecular complexity index is 927. The van der Waals surface area contributed by atoms with Crippen molar-refractivity contribution in [2.24, 2.45) is 0 Å². The molecule has 0 fully saturated rings. The Morgan fingerprint density at radius 1 is 1.25 bits per heavy atom. The van der Waals surface area contributed by atoms with Crippen molar-refractivity contribution in [3.8, 4) is 22.9 Å². The molecule has 0 spiro atoms. The third-order valence-electron chi connectivity index (χ3n) is 3.28. The van der Waals surface area contributed by atoms with E-state index < -0.39 is 0 Å². The molecular formula is C19H13FN2OS. The molecule has 118 valence electrons. The minimum atomic E-state index is -0.310. The first-order chi connectivity index (χ1) is 11.6. The summed E-state index contributed by atoms with van der Waals surface area (Å²) in [6.07, 6.45) is 5.49. The predicted molar refractivity (Wildman–Crippen MR) is 94.2 cm³/mol. The lowest BCUT2D eigenvalue weighted by Crippen LogP contribution is -2.14. The van der Waals surface area contributed by atoms with E-state index >= 15 is 0 Å². The summed E-state index contributed by atoms with van der Waals surface area (Å²) in [6.45, 7) is 0. The largest absolute Gasteiger partial charge is 0.326 e. The van der Waals surface area contributed by atoms with Crippen LogP contribution in [-0.4, -0.2) is 10.9 Å². The molecule has 0 bridgehead atoms. The van der Waals surface area contributed by atoms with Gasteiger partial charge in [0, 0.05) is 22.2 Å². The molecule has 0 saturated heterocycles. The summed E-state index contributed by atoms with van der Waals surface area (Å²) in [6, 6.07) is 13.3. The molecule has 1 heterocycles. The van der Waals surface area contributed by atoms with Gasteiger partial charge < -0.3 is 5.32 Å². The quantitative estimate of drug-likeness (QED) is 0.729. The zero-order valence-corrected chi connectivity index (χ0v) is 13.4. The van der Waals surface area contributed by atoms with Gasteiger partial charge >= 0.3 is 0 Å². The van der Waals surface area contributed by atoms with Crippen molar-refractivity contribution in [1.29, 1.82) is 0 Å². The third kappa shape index (κ3) is 3.86. The number of nitrogens with one attached hydrogen (secondary N) is 1. The van der Waals surface area contributed by atoms with Crippen LogP contribution in [0, 0.1) is 18.2 Å². The molecule has 3 nitrogen and oxygen atoms in total. The standard InChI is InChI=1S/C19H13FN2OS/c1-2-13-5-3-8-16(9-13)21-18(23)11-17-12-24-19(22-17)14-6-4-7-15(20)10-14/h1,3-10,12H,11H2,(H,21,23). The Kier molecular flexibility index (Phi) is 4.69. The first-order valence-electron chi connectivity index (χ1n) is 7.21. The van der Waals surface area contributed by atoms with Crippen molar-refractivity contribution in [3.63, 3.8) is 0 Å². The molecule has 24 heavy (non-hydrogen) atoms. The van der Waals surface area contributed by atoms with Gasteiger partial charge in [-0.05, 0) is 30.3 Å². The van der Waals surface area contributed by atoms with Crippen molar-refractivity contribution < 1.29 is 9.18 Å². The van der Waals surface area contributed by atoms with E-state index in [2.05, 4.69) is 16.2 Å². The van der Waals surface area contributed by atoms with Crippen LogP contribution >= 0.6 is 11.3 Å². The summed E-state index contributed by atoms with van der Waals surface area (Å²) in [5, 5.41) is 5.28. The maximum Gasteiger partial charge on any atom is 0.230 e. The van der Waals surface area contributed by atoms with Crippen LogP contribution in [0.2, 0.25) is 0 Å². The second-order valence-corrected chi connectivity index (χ2v) is 5.96. The second-order valence-electron chi connectivity index (χ2n) is 5.10. The highest BCUT2D eigenvalue weighted by atomic mass is 32.1.